The first-order chi connectivity index (χ1) is 9.08. The summed E-state index contributed by atoms with van der Waals surface area (Å²) in [5.41, 5.74) is 0.0565. The van der Waals surface area contributed by atoms with Crippen LogP contribution in [-0.4, -0.2) is 11.6 Å². The summed E-state index contributed by atoms with van der Waals surface area (Å²) in [6.45, 7) is 14.6. The maximum Gasteiger partial charge on any atom is 0.138 e. The molecule has 2 heteroatoms. The molecule has 0 spiro atoms. The quantitative estimate of drug-likeness (QED) is 0.710. The molecule has 0 aromatic rings. The smallest absolute Gasteiger partial charge is 0.138 e. The SMILES string of the molecule is CC(C)C(=O)C1CCC(C(=O)C(C)C)C(C)C(C)(C)C1. The van der Waals surface area contributed by atoms with E-state index in [1.807, 2.05) is 27.7 Å². The van der Waals surface area contributed by atoms with Crippen LogP contribution in [0.25, 0.3) is 0 Å². The van der Waals surface area contributed by atoms with Crippen molar-refractivity contribution in [3.05, 3.63) is 0 Å². The number of carbonyl (C=O) groups excluding carboxylic acids is 2. The van der Waals surface area contributed by atoms with Gasteiger partial charge < -0.3 is 0 Å². The Morgan fingerprint density at radius 1 is 0.950 bits per heavy atom. The van der Waals surface area contributed by atoms with Crippen LogP contribution in [0.5, 0.6) is 0 Å². The highest BCUT2D eigenvalue weighted by molar-refractivity contribution is 5.84. The summed E-state index contributed by atoms with van der Waals surface area (Å²) in [6.07, 6.45) is 2.69. The lowest BCUT2D eigenvalue weighted by molar-refractivity contribution is -0.129. The van der Waals surface area contributed by atoms with Gasteiger partial charge in [-0.3, -0.25) is 9.59 Å². The lowest BCUT2D eigenvalue weighted by Gasteiger charge is -2.36. The first-order valence-corrected chi connectivity index (χ1v) is 8.15. The lowest BCUT2D eigenvalue weighted by Crippen LogP contribution is -2.34. The third-order valence-corrected chi connectivity index (χ3v) is 5.34. The van der Waals surface area contributed by atoms with Crippen LogP contribution in [-0.2, 0) is 9.59 Å². The number of carbonyl (C=O) groups is 2. The van der Waals surface area contributed by atoms with Gasteiger partial charge in [0.2, 0.25) is 0 Å². The molecule has 3 unspecified atom stereocenters. The van der Waals surface area contributed by atoms with Crippen LogP contribution < -0.4 is 0 Å². The molecule has 0 aliphatic heterocycles. The van der Waals surface area contributed by atoms with Gasteiger partial charge in [-0.15, -0.1) is 0 Å². The van der Waals surface area contributed by atoms with Gasteiger partial charge in [-0.25, -0.2) is 0 Å². The second-order valence-electron chi connectivity index (χ2n) is 7.98. The third kappa shape index (κ3) is 3.71. The first kappa shape index (κ1) is 17.4. The summed E-state index contributed by atoms with van der Waals surface area (Å²) in [6, 6.07) is 0. The van der Waals surface area contributed by atoms with Crippen molar-refractivity contribution in [3.63, 3.8) is 0 Å². The molecular formula is C18H32O2. The fourth-order valence-corrected chi connectivity index (χ4v) is 3.63. The number of hydrogen-bond acceptors (Lipinski definition) is 2. The van der Waals surface area contributed by atoms with Crippen molar-refractivity contribution in [2.24, 2.45) is 35.0 Å². The van der Waals surface area contributed by atoms with Gasteiger partial charge in [-0.2, -0.15) is 0 Å². The third-order valence-electron chi connectivity index (χ3n) is 5.34. The van der Waals surface area contributed by atoms with Gasteiger partial charge in [0.1, 0.15) is 11.6 Å². The average Bonchev–Trinajstić information content (AvgIpc) is 2.45. The van der Waals surface area contributed by atoms with Gasteiger partial charge in [-0.1, -0.05) is 48.5 Å². The maximum absolute atomic E-state index is 12.5. The van der Waals surface area contributed by atoms with Crippen molar-refractivity contribution in [1.29, 1.82) is 0 Å². The molecular weight excluding hydrogens is 248 g/mol. The predicted molar refractivity (Wildman–Crippen MR) is 83.5 cm³/mol. The molecule has 0 aromatic heterocycles. The summed E-state index contributed by atoms with van der Waals surface area (Å²) in [5.74, 6) is 1.56. The predicted octanol–water partition coefficient (Wildman–Crippen LogP) is 4.52. The zero-order valence-electron chi connectivity index (χ0n) is 14.3. The van der Waals surface area contributed by atoms with Crippen molar-refractivity contribution in [2.45, 2.75) is 67.7 Å². The number of Topliss-reactive ketones (excluding diaryl/α,β-unsaturated/α-hetero) is 2. The molecule has 1 aliphatic carbocycles. The van der Waals surface area contributed by atoms with Gasteiger partial charge in [0, 0.05) is 23.7 Å². The minimum Gasteiger partial charge on any atom is -0.299 e. The Hall–Kier alpha value is -0.660. The van der Waals surface area contributed by atoms with E-state index in [1.165, 1.54) is 0 Å². The van der Waals surface area contributed by atoms with Crippen molar-refractivity contribution in [1.82, 2.24) is 0 Å². The molecule has 0 amide bonds. The summed E-state index contributed by atoms with van der Waals surface area (Å²) < 4.78 is 0. The molecule has 2 nitrogen and oxygen atoms in total. The van der Waals surface area contributed by atoms with Crippen LogP contribution >= 0.6 is 0 Å². The molecule has 0 heterocycles. The maximum atomic E-state index is 12.5. The molecule has 0 radical (unpaired) electrons. The summed E-state index contributed by atoms with van der Waals surface area (Å²) in [7, 11) is 0. The number of hydrogen-bond donors (Lipinski definition) is 0. The minimum absolute atomic E-state index is 0.0565. The van der Waals surface area contributed by atoms with Crippen LogP contribution in [0.3, 0.4) is 0 Å². The summed E-state index contributed by atoms with van der Waals surface area (Å²) in [4.78, 5) is 24.8. The van der Waals surface area contributed by atoms with E-state index < -0.39 is 0 Å². The zero-order valence-corrected chi connectivity index (χ0v) is 14.3. The second kappa shape index (κ2) is 6.41. The first-order valence-electron chi connectivity index (χ1n) is 8.15. The zero-order chi connectivity index (χ0) is 15.7. The highest BCUT2D eigenvalue weighted by Gasteiger charge is 2.42. The molecule has 1 saturated carbocycles. The molecule has 1 rings (SSSR count). The van der Waals surface area contributed by atoms with Crippen molar-refractivity contribution >= 4 is 11.6 Å². The summed E-state index contributed by atoms with van der Waals surface area (Å²) >= 11 is 0. The Bertz CT molecular complexity index is 366. The molecule has 116 valence electrons. The van der Waals surface area contributed by atoms with E-state index in [0.29, 0.717) is 17.5 Å². The molecule has 0 saturated heterocycles. The highest BCUT2D eigenvalue weighted by atomic mass is 16.1. The molecule has 1 fully saturated rings. The topological polar surface area (TPSA) is 34.1 Å². The van der Waals surface area contributed by atoms with Gasteiger partial charge in [0.05, 0.1) is 0 Å². The number of rotatable bonds is 4. The van der Waals surface area contributed by atoms with E-state index in [9.17, 15) is 9.59 Å². The Morgan fingerprint density at radius 2 is 1.45 bits per heavy atom. The monoisotopic (exact) mass is 280 g/mol. The Labute approximate surface area is 124 Å². The fraction of sp³-hybridized carbons (Fsp3) is 0.889. The number of ketones is 2. The van der Waals surface area contributed by atoms with Gasteiger partial charge >= 0.3 is 0 Å². The van der Waals surface area contributed by atoms with Crippen LogP contribution in [0.15, 0.2) is 0 Å². The van der Waals surface area contributed by atoms with E-state index in [-0.39, 0.29) is 29.1 Å². The standard InChI is InChI=1S/C18H32O2/c1-11(2)16(19)14-8-9-15(17(20)12(3)4)13(5)18(6,7)10-14/h11-15H,8-10H2,1-7H3. The van der Waals surface area contributed by atoms with E-state index in [1.54, 1.807) is 0 Å². The highest BCUT2D eigenvalue weighted by Crippen LogP contribution is 2.45. The fourth-order valence-electron chi connectivity index (χ4n) is 3.63. The van der Waals surface area contributed by atoms with Crippen LogP contribution in [0, 0.1) is 35.0 Å². The van der Waals surface area contributed by atoms with E-state index in [0.717, 1.165) is 19.3 Å². The molecule has 0 aromatic carbocycles. The van der Waals surface area contributed by atoms with Crippen molar-refractivity contribution in [2.75, 3.05) is 0 Å². The van der Waals surface area contributed by atoms with E-state index in [4.69, 9.17) is 0 Å². The van der Waals surface area contributed by atoms with Gasteiger partial charge in [-0.05, 0) is 30.6 Å². The van der Waals surface area contributed by atoms with E-state index >= 15 is 0 Å². The summed E-state index contributed by atoms with van der Waals surface area (Å²) in [5, 5.41) is 0. The van der Waals surface area contributed by atoms with Crippen molar-refractivity contribution in [3.8, 4) is 0 Å². The van der Waals surface area contributed by atoms with E-state index in [2.05, 4.69) is 20.8 Å². The molecule has 0 bridgehead atoms. The van der Waals surface area contributed by atoms with Crippen LogP contribution in [0.2, 0.25) is 0 Å². The Morgan fingerprint density at radius 3 is 1.90 bits per heavy atom. The normalized spacial score (nSPS) is 30.4. The lowest BCUT2D eigenvalue weighted by atomic mass is 9.68. The molecule has 3 atom stereocenters. The van der Waals surface area contributed by atoms with Crippen LogP contribution in [0.1, 0.15) is 67.7 Å². The average molecular weight is 280 g/mol. The Kier molecular flexibility index (Phi) is 5.57. The molecule has 0 N–H and O–H groups in total. The second-order valence-corrected chi connectivity index (χ2v) is 7.98. The largest absolute Gasteiger partial charge is 0.299 e. The Balaban J connectivity index is 2.98. The molecule has 20 heavy (non-hydrogen) atoms. The van der Waals surface area contributed by atoms with Crippen LogP contribution in [0.4, 0.5) is 0 Å². The minimum atomic E-state index is 0.0565. The molecule has 1 aliphatic rings. The van der Waals surface area contributed by atoms with Gasteiger partial charge in [0.15, 0.2) is 0 Å². The van der Waals surface area contributed by atoms with Gasteiger partial charge in [0.25, 0.3) is 0 Å². The van der Waals surface area contributed by atoms with Crippen molar-refractivity contribution < 1.29 is 9.59 Å².